The monoisotopic (exact) mass is 266 g/mol. The molecular formula is C16H14N2S. The minimum absolute atomic E-state index is 1.03. The van der Waals surface area contributed by atoms with Gasteiger partial charge in [-0.1, -0.05) is 30.3 Å². The first kappa shape index (κ1) is 11.1. The van der Waals surface area contributed by atoms with Gasteiger partial charge < -0.3 is 4.57 Å². The molecule has 94 valence electrons. The van der Waals surface area contributed by atoms with E-state index in [1.54, 1.807) is 0 Å². The van der Waals surface area contributed by atoms with Gasteiger partial charge in [-0.15, -0.1) is 11.8 Å². The summed E-state index contributed by atoms with van der Waals surface area (Å²) < 4.78 is 2.26. The standard InChI is InChI=1S/C16H14N2S/c1-11-10-18-14-7-6-12-4-2-3-5-13(12)16(14)19-9-8-15(18)17-11/h2-7,10H,8-9H2,1H3. The van der Waals surface area contributed by atoms with Crippen LogP contribution in [-0.4, -0.2) is 15.3 Å². The van der Waals surface area contributed by atoms with Crippen molar-refractivity contribution in [3.05, 3.63) is 54.1 Å². The average molecular weight is 266 g/mol. The highest BCUT2D eigenvalue weighted by Gasteiger charge is 2.17. The maximum atomic E-state index is 4.64. The SMILES string of the molecule is Cc1cn2c(n1)CCSc1c-2ccc2ccccc12. The van der Waals surface area contributed by atoms with Gasteiger partial charge in [-0.05, 0) is 23.8 Å². The molecule has 0 saturated heterocycles. The zero-order chi connectivity index (χ0) is 12.8. The molecule has 3 heteroatoms. The second-order valence-corrected chi connectivity index (χ2v) is 6.01. The van der Waals surface area contributed by atoms with Crippen LogP contribution in [0, 0.1) is 6.92 Å². The molecule has 2 aromatic carbocycles. The van der Waals surface area contributed by atoms with Gasteiger partial charge >= 0.3 is 0 Å². The Morgan fingerprint density at radius 1 is 1.16 bits per heavy atom. The van der Waals surface area contributed by atoms with Crippen LogP contribution in [0.3, 0.4) is 0 Å². The van der Waals surface area contributed by atoms with Crippen LogP contribution in [0.15, 0.2) is 47.5 Å². The van der Waals surface area contributed by atoms with Crippen molar-refractivity contribution in [3.8, 4) is 5.69 Å². The van der Waals surface area contributed by atoms with E-state index in [0.29, 0.717) is 0 Å². The lowest BCUT2D eigenvalue weighted by Gasteiger charge is -2.11. The minimum Gasteiger partial charge on any atom is -0.302 e. The van der Waals surface area contributed by atoms with E-state index in [-0.39, 0.29) is 0 Å². The number of fused-ring (bicyclic) bond motifs is 5. The summed E-state index contributed by atoms with van der Waals surface area (Å²) in [7, 11) is 0. The quantitative estimate of drug-likeness (QED) is 0.612. The number of benzene rings is 2. The number of thioether (sulfide) groups is 1. The topological polar surface area (TPSA) is 17.8 Å². The first-order valence-electron chi connectivity index (χ1n) is 6.53. The van der Waals surface area contributed by atoms with E-state index in [2.05, 4.69) is 59.1 Å². The van der Waals surface area contributed by atoms with Gasteiger partial charge in [0.05, 0.1) is 11.4 Å². The Hall–Kier alpha value is -1.74. The highest BCUT2D eigenvalue weighted by atomic mass is 32.2. The van der Waals surface area contributed by atoms with Crippen LogP contribution in [0.2, 0.25) is 0 Å². The lowest BCUT2D eigenvalue weighted by molar-refractivity contribution is 0.897. The first-order valence-corrected chi connectivity index (χ1v) is 7.51. The van der Waals surface area contributed by atoms with E-state index in [1.165, 1.54) is 27.2 Å². The van der Waals surface area contributed by atoms with E-state index >= 15 is 0 Å². The normalized spacial score (nSPS) is 13.9. The second-order valence-electron chi connectivity index (χ2n) is 4.90. The lowest BCUT2D eigenvalue weighted by atomic mass is 10.1. The van der Waals surface area contributed by atoms with Crippen molar-refractivity contribution in [2.75, 3.05) is 5.75 Å². The minimum atomic E-state index is 1.03. The smallest absolute Gasteiger partial charge is 0.114 e. The Balaban J connectivity index is 2.08. The molecule has 0 bridgehead atoms. The van der Waals surface area contributed by atoms with E-state index in [9.17, 15) is 0 Å². The number of rotatable bonds is 0. The first-order chi connectivity index (χ1) is 9.33. The summed E-state index contributed by atoms with van der Waals surface area (Å²) in [5.41, 5.74) is 2.37. The molecule has 0 atom stereocenters. The van der Waals surface area contributed by atoms with Crippen LogP contribution in [0.4, 0.5) is 0 Å². The van der Waals surface area contributed by atoms with Crippen LogP contribution in [0.5, 0.6) is 0 Å². The van der Waals surface area contributed by atoms with Crippen molar-refractivity contribution in [3.63, 3.8) is 0 Å². The number of hydrogen-bond donors (Lipinski definition) is 0. The Morgan fingerprint density at radius 2 is 2.05 bits per heavy atom. The fraction of sp³-hybridized carbons (Fsp3) is 0.188. The third-order valence-corrected chi connectivity index (χ3v) is 4.72. The second kappa shape index (κ2) is 4.14. The highest BCUT2D eigenvalue weighted by Crippen LogP contribution is 2.36. The molecule has 4 rings (SSSR count). The predicted molar refractivity (Wildman–Crippen MR) is 80.2 cm³/mol. The molecule has 19 heavy (non-hydrogen) atoms. The Morgan fingerprint density at radius 3 is 3.00 bits per heavy atom. The molecule has 0 fully saturated rings. The number of hydrogen-bond acceptors (Lipinski definition) is 2. The van der Waals surface area contributed by atoms with Gasteiger partial charge in [-0.3, -0.25) is 0 Å². The van der Waals surface area contributed by atoms with Crippen LogP contribution >= 0.6 is 11.8 Å². The molecule has 1 aliphatic heterocycles. The summed E-state index contributed by atoms with van der Waals surface area (Å²) in [4.78, 5) is 6.02. The molecule has 0 N–H and O–H groups in total. The molecule has 2 nitrogen and oxygen atoms in total. The molecule has 0 saturated carbocycles. The Labute approximate surface area is 116 Å². The third kappa shape index (κ3) is 1.69. The summed E-state index contributed by atoms with van der Waals surface area (Å²) in [6.07, 6.45) is 3.18. The van der Waals surface area contributed by atoms with Crippen LogP contribution < -0.4 is 0 Å². The van der Waals surface area contributed by atoms with Crippen LogP contribution in [0.1, 0.15) is 11.5 Å². The Bertz CT molecular complexity index is 774. The summed E-state index contributed by atoms with van der Waals surface area (Å²) in [6.45, 7) is 2.06. The van der Waals surface area contributed by atoms with Gasteiger partial charge in [0.25, 0.3) is 0 Å². The largest absolute Gasteiger partial charge is 0.302 e. The zero-order valence-electron chi connectivity index (χ0n) is 10.8. The zero-order valence-corrected chi connectivity index (χ0v) is 11.6. The van der Waals surface area contributed by atoms with Crippen molar-refractivity contribution in [2.45, 2.75) is 18.2 Å². The van der Waals surface area contributed by atoms with Crippen molar-refractivity contribution in [1.29, 1.82) is 0 Å². The van der Waals surface area contributed by atoms with E-state index in [0.717, 1.165) is 17.9 Å². The summed E-state index contributed by atoms with van der Waals surface area (Å²) >= 11 is 1.95. The summed E-state index contributed by atoms with van der Waals surface area (Å²) in [5, 5.41) is 2.67. The predicted octanol–water partition coefficient (Wildman–Crippen LogP) is 3.98. The van der Waals surface area contributed by atoms with E-state index < -0.39 is 0 Å². The fourth-order valence-corrected chi connectivity index (χ4v) is 3.89. The molecule has 1 aliphatic rings. The van der Waals surface area contributed by atoms with Crippen molar-refractivity contribution in [2.24, 2.45) is 0 Å². The van der Waals surface area contributed by atoms with Gasteiger partial charge in [-0.25, -0.2) is 4.98 Å². The maximum Gasteiger partial charge on any atom is 0.114 e. The van der Waals surface area contributed by atoms with Gasteiger partial charge in [0.2, 0.25) is 0 Å². The molecular weight excluding hydrogens is 252 g/mol. The van der Waals surface area contributed by atoms with Gasteiger partial charge in [0.1, 0.15) is 5.82 Å². The van der Waals surface area contributed by atoms with Gasteiger partial charge in [0, 0.05) is 23.3 Å². The molecule has 1 aromatic heterocycles. The van der Waals surface area contributed by atoms with Gasteiger partial charge in [-0.2, -0.15) is 0 Å². The van der Waals surface area contributed by atoms with Crippen LogP contribution in [-0.2, 0) is 6.42 Å². The maximum absolute atomic E-state index is 4.64. The fourth-order valence-electron chi connectivity index (χ4n) is 2.75. The molecule has 0 aliphatic carbocycles. The number of nitrogens with zero attached hydrogens (tertiary/aromatic N) is 2. The molecule has 0 spiro atoms. The van der Waals surface area contributed by atoms with Gasteiger partial charge in [0.15, 0.2) is 0 Å². The Kier molecular flexibility index (Phi) is 2.42. The third-order valence-electron chi connectivity index (χ3n) is 3.59. The average Bonchev–Trinajstić information content (AvgIpc) is 2.71. The summed E-state index contributed by atoms with van der Waals surface area (Å²) in [5.74, 6) is 2.27. The van der Waals surface area contributed by atoms with Crippen LogP contribution in [0.25, 0.3) is 16.5 Å². The number of aromatic nitrogens is 2. The van der Waals surface area contributed by atoms with E-state index in [4.69, 9.17) is 0 Å². The summed E-state index contributed by atoms with van der Waals surface area (Å²) in [6, 6.07) is 13.0. The van der Waals surface area contributed by atoms with Crippen molar-refractivity contribution in [1.82, 2.24) is 9.55 Å². The highest BCUT2D eigenvalue weighted by molar-refractivity contribution is 7.99. The molecule has 2 heterocycles. The van der Waals surface area contributed by atoms with Crippen molar-refractivity contribution >= 4 is 22.5 Å². The number of aryl methyl sites for hydroxylation is 2. The molecule has 3 aromatic rings. The number of imidazole rings is 1. The van der Waals surface area contributed by atoms with Crippen molar-refractivity contribution < 1.29 is 0 Å². The molecule has 0 radical (unpaired) electrons. The molecule has 0 unspecified atom stereocenters. The molecule has 0 amide bonds. The van der Waals surface area contributed by atoms with E-state index in [1.807, 2.05) is 11.8 Å². The lowest BCUT2D eigenvalue weighted by Crippen LogP contribution is -1.99.